The monoisotopic (exact) mass is 470 g/mol. The van der Waals surface area contributed by atoms with Crippen LogP contribution in [0.1, 0.15) is 49.3 Å². The van der Waals surface area contributed by atoms with E-state index in [1.165, 1.54) is 12.1 Å². The van der Waals surface area contributed by atoms with Crippen molar-refractivity contribution >= 4 is 17.7 Å². The zero-order valence-electron chi connectivity index (χ0n) is 20.5. The fourth-order valence-corrected chi connectivity index (χ4v) is 4.63. The van der Waals surface area contributed by atoms with Crippen LogP contribution in [-0.2, 0) is 13.0 Å². The Morgan fingerprint density at radius 2 is 1.79 bits per heavy atom. The number of β-amino-alcohol motifs (C(OH)–C–C–N with tert-alkyl or cyclic N) is 1. The molecule has 34 heavy (non-hydrogen) atoms. The summed E-state index contributed by atoms with van der Waals surface area (Å²) in [5.41, 5.74) is 1.93. The second kappa shape index (κ2) is 9.84. The summed E-state index contributed by atoms with van der Waals surface area (Å²) < 4.78 is 13.4. The highest BCUT2D eigenvalue weighted by Crippen LogP contribution is 2.32. The lowest BCUT2D eigenvalue weighted by Crippen LogP contribution is -2.48. The molecule has 1 aromatic carbocycles. The van der Waals surface area contributed by atoms with E-state index in [1.807, 2.05) is 18.7 Å². The molecule has 2 aliphatic rings. The lowest BCUT2D eigenvalue weighted by Gasteiger charge is -2.35. The molecule has 9 heteroatoms. The number of carbonyl (C=O) groups excluding carboxylic acids is 1. The van der Waals surface area contributed by atoms with Crippen molar-refractivity contribution in [3.8, 4) is 0 Å². The third-order valence-electron chi connectivity index (χ3n) is 6.50. The van der Waals surface area contributed by atoms with Crippen LogP contribution in [0.2, 0.25) is 0 Å². The second-order valence-electron chi connectivity index (χ2n) is 10.1. The van der Waals surface area contributed by atoms with Crippen molar-refractivity contribution in [1.82, 2.24) is 19.8 Å². The number of aromatic nitrogens is 2. The first kappa shape index (κ1) is 24.3. The number of aliphatic hydroxyl groups excluding tert-OH is 1. The summed E-state index contributed by atoms with van der Waals surface area (Å²) in [5, 5.41) is 12.8. The molecule has 2 aromatic rings. The van der Waals surface area contributed by atoms with Gasteiger partial charge in [0.15, 0.2) is 0 Å². The molecule has 0 bridgehead atoms. The van der Waals surface area contributed by atoms with Gasteiger partial charge in [0.2, 0.25) is 5.95 Å². The maximum absolute atomic E-state index is 13.4. The Bertz CT molecular complexity index is 1020. The van der Waals surface area contributed by atoms with E-state index < -0.39 is 0 Å². The Morgan fingerprint density at radius 3 is 2.41 bits per heavy atom. The van der Waals surface area contributed by atoms with Crippen molar-refractivity contribution in [3.63, 3.8) is 0 Å². The van der Waals surface area contributed by atoms with Gasteiger partial charge in [-0.05, 0) is 51.8 Å². The molecule has 0 aliphatic carbocycles. The van der Waals surface area contributed by atoms with Crippen LogP contribution in [0.15, 0.2) is 24.3 Å². The molecule has 1 amide bonds. The molecule has 2 aliphatic heterocycles. The maximum atomic E-state index is 13.4. The number of hydrogen-bond donors (Lipinski definition) is 2. The molecular formula is C25H35FN6O2. The molecule has 0 unspecified atom stereocenters. The Kier molecular flexibility index (Phi) is 7.04. The standard InChI is InChI=1S/C25H35FN6O2/c1-17(2)32-16-20-21(23(32)34)27-24(31-11-9-30(10-12-31)13-14-33)28-22(20)29-25(3,4)15-18-5-7-19(26)8-6-18/h5-8,17,33H,9-16H2,1-4H3,(H,27,28,29). The number of amides is 1. The summed E-state index contributed by atoms with van der Waals surface area (Å²) in [7, 11) is 0. The van der Waals surface area contributed by atoms with E-state index in [0.29, 0.717) is 37.0 Å². The summed E-state index contributed by atoms with van der Waals surface area (Å²) in [6, 6.07) is 6.60. The normalized spacial score (nSPS) is 17.0. The zero-order chi connectivity index (χ0) is 24.5. The van der Waals surface area contributed by atoms with Gasteiger partial charge in [-0.3, -0.25) is 9.69 Å². The summed E-state index contributed by atoms with van der Waals surface area (Å²) in [6.07, 6.45) is 0.670. The smallest absolute Gasteiger partial charge is 0.273 e. The number of fused-ring (bicyclic) bond motifs is 1. The Balaban J connectivity index is 1.62. The van der Waals surface area contributed by atoms with Gasteiger partial charge in [0.1, 0.15) is 17.3 Å². The average molecular weight is 471 g/mol. The maximum Gasteiger partial charge on any atom is 0.273 e. The Hall–Kier alpha value is -2.78. The van der Waals surface area contributed by atoms with Crippen LogP contribution in [0.5, 0.6) is 0 Å². The van der Waals surface area contributed by atoms with Crippen LogP contribution >= 0.6 is 0 Å². The molecule has 0 saturated carbocycles. The van der Waals surface area contributed by atoms with Gasteiger partial charge < -0.3 is 20.2 Å². The molecule has 0 radical (unpaired) electrons. The Morgan fingerprint density at radius 1 is 1.12 bits per heavy atom. The van der Waals surface area contributed by atoms with Gasteiger partial charge in [-0.2, -0.15) is 4.98 Å². The number of nitrogens with one attached hydrogen (secondary N) is 1. The van der Waals surface area contributed by atoms with Crippen molar-refractivity contribution in [1.29, 1.82) is 0 Å². The van der Waals surface area contributed by atoms with Crippen LogP contribution in [-0.4, -0.2) is 81.7 Å². The van der Waals surface area contributed by atoms with E-state index in [0.717, 1.165) is 37.3 Å². The predicted octanol–water partition coefficient (Wildman–Crippen LogP) is 2.53. The highest BCUT2D eigenvalue weighted by Gasteiger charge is 2.36. The molecule has 4 rings (SSSR count). The summed E-state index contributed by atoms with van der Waals surface area (Å²) in [5.74, 6) is 0.925. The largest absolute Gasteiger partial charge is 0.395 e. The van der Waals surface area contributed by atoms with E-state index in [2.05, 4.69) is 29.0 Å². The van der Waals surface area contributed by atoms with Crippen LogP contribution in [0, 0.1) is 5.82 Å². The number of halogens is 1. The van der Waals surface area contributed by atoms with Crippen LogP contribution in [0.25, 0.3) is 0 Å². The number of carbonyl (C=O) groups is 1. The second-order valence-corrected chi connectivity index (χ2v) is 10.1. The van der Waals surface area contributed by atoms with E-state index in [4.69, 9.17) is 9.97 Å². The van der Waals surface area contributed by atoms with Crippen molar-refractivity contribution in [3.05, 3.63) is 46.9 Å². The number of benzene rings is 1. The van der Waals surface area contributed by atoms with Crippen molar-refractivity contribution in [2.24, 2.45) is 0 Å². The number of piperazine rings is 1. The lowest BCUT2D eigenvalue weighted by atomic mass is 9.94. The number of aliphatic hydroxyl groups is 1. The average Bonchev–Trinajstić information content (AvgIpc) is 3.13. The molecule has 0 spiro atoms. The van der Waals surface area contributed by atoms with Crippen molar-refractivity contribution < 1.29 is 14.3 Å². The molecule has 1 fully saturated rings. The SMILES string of the molecule is CC(C)N1Cc2c(NC(C)(C)Cc3ccc(F)cc3)nc(N3CCN(CCO)CC3)nc2C1=O. The van der Waals surface area contributed by atoms with Gasteiger partial charge in [-0.1, -0.05) is 12.1 Å². The zero-order valence-corrected chi connectivity index (χ0v) is 20.5. The van der Waals surface area contributed by atoms with E-state index in [9.17, 15) is 14.3 Å². The van der Waals surface area contributed by atoms with Crippen molar-refractivity contribution in [2.45, 2.75) is 52.2 Å². The van der Waals surface area contributed by atoms with Gasteiger partial charge in [0.05, 0.1) is 13.2 Å². The van der Waals surface area contributed by atoms with Gasteiger partial charge >= 0.3 is 0 Å². The quantitative estimate of drug-likeness (QED) is 0.613. The minimum absolute atomic E-state index is 0.0623. The molecular weight excluding hydrogens is 435 g/mol. The number of anilines is 2. The third kappa shape index (κ3) is 5.31. The summed E-state index contributed by atoms with van der Waals surface area (Å²) in [6.45, 7) is 12.5. The number of rotatable bonds is 8. The van der Waals surface area contributed by atoms with E-state index >= 15 is 0 Å². The van der Waals surface area contributed by atoms with E-state index in [-0.39, 0.29) is 29.9 Å². The Labute approximate surface area is 200 Å². The fraction of sp³-hybridized carbons (Fsp3) is 0.560. The molecule has 8 nitrogen and oxygen atoms in total. The first-order chi connectivity index (χ1) is 16.2. The molecule has 2 N–H and O–H groups in total. The highest BCUT2D eigenvalue weighted by molar-refractivity contribution is 5.98. The van der Waals surface area contributed by atoms with Gasteiger partial charge in [-0.25, -0.2) is 9.37 Å². The van der Waals surface area contributed by atoms with Gasteiger partial charge in [-0.15, -0.1) is 0 Å². The first-order valence-electron chi connectivity index (χ1n) is 12.0. The minimum Gasteiger partial charge on any atom is -0.395 e. The number of nitrogens with zero attached hydrogens (tertiary/aromatic N) is 5. The molecule has 184 valence electrons. The first-order valence-corrected chi connectivity index (χ1v) is 12.0. The minimum atomic E-state index is -0.384. The fourth-order valence-electron chi connectivity index (χ4n) is 4.63. The van der Waals surface area contributed by atoms with Gasteiger partial charge in [0, 0.05) is 49.9 Å². The van der Waals surface area contributed by atoms with Crippen LogP contribution in [0.3, 0.4) is 0 Å². The van der Waals surface area contributed by atoms with Crippen molar-refractivity contribution in [2.75, 3.05) is 49.5 Å². The highest BCUT2D eigenvalue weighted by atomic mass is 19.1. The topological polar surface area (TPSA) is 84.8 Å². The third-order valence-corrected chi connectivity index (χ3v) is 6.50. The van der Waals surface area contributed by atoms with Crippen LogP contribution in [0.4, 0.5) is 16.2 Å². The van der Waals surface area contributed by atoms with E-state index in [1.54, 1.807) is 12.1 Å². The lowest BCUT2D eigenvalue weighted by molar-refractivity contribution is 0.0726. The summed E-state index contributed by atoms with van der Waals surface area (Å²) in [4.78, 5) is 28.9. The number of hydrogen-bond acceptors (Lipinski definition) is 7. The molecule has 0 atom stereocenters. The molecule has 1 saturated heterocycles. The van der Waals surface area contributed by atoms with Crippen LogP contribution < -0.4 is 10.2 Å². The van der Waals surface area contributed by atoms with Gasteiger partial charge in [0.25, 0.3) is 5.91 Å². The summed E-state index contributed by atoms with van der Waals surface area (Å²) >= 11 is 0. The molecule has 1 aromatic heterocycles. The molecule has 3 heterocycles. The predicted molar refractivity (Wildman–Crippen MR) is 131 cm³/mol.